The number of allylic oxidation sites excluding steroid dienone is 1. The van der Waals surface area contributed by atoms with E-state index in [0.29, 0.717) is 6.61 Å². The van der Waals surface area contributed by atoms with Crippen molar-refractivity contribution in [3.63, 3.8) is 0 Å². The second-order valence-corrected chi connectivity index (χ2v) is 10.0. The Morgan fingerprint density at radius 2 is 1.91 bits per heavy atom. The fourth-order valence-electron chi connectivity index (χ4n) is 4.36. The van der Waals surface area contributed by atoms with Gasteiger partial charge in [-0.2, -0.15) is 0 Å². The highest BCUT2D eigenvalue weighted by Crippen LogP contribution is 2.45. The summed E-state index contributed by atoms with van der Waals surface area (Å²) in [6.45, 7) is 13.5. The third-order valence-electron chi connectivity index (χ3n) is 6.22. The maximum atomic E-state index is 12.9. The van der Waals surface area contributed by atoms with Crippen molar-refractivity contribution in [2.24, 2.45) is 0 Å². The van der Waals surface area contributed by atoms with Crippen LogP contribution in [0.15, 0.2) is 47.9 Å². The molecule has 1 amide bonds. The molecule has 0 aromatic heterocycles. The molecule has 1 spiro atoms. The van der Waals surface area contributed by atoms with Gasteiger partial charge in [-0.3, -0.25) is 9.69 Å². The fraction of sp³-hybridized carbons (Fsp3) is 0.444. The van der Waals surface area contributed by atoms with Gasteiger partial charge in [0.25, 0.3) is 0 Å². The summed E-state index contributed by atoms with van der Waals surface area (Å²) in [6, 6.07) is 12.0. The third kappa shape index (κ3) is 5.76. The van der Waals surface area contributed by atoms with Gasteiger partial charge in [0.15, 0.2) is 0 Å². The fourth-order valence-corrected chi connectivity index (χ4v) is 5.22. The van der Waals surface area contributed by atoms with E-state index in [2.05, 4.69) is 36.7 Å². The van der Waals surface area contributed by atoms with Gasteiger partial charge in [0.2, 0.25) is 5.91 Å². The van der Waals surface area contributed by atoms with Gasteiger partial charge >= 0.3 is 0 Å². The summed E-state index contributed by atoms with van der Waals surface area (Å²) in [5, 5.41) is 3.81. The minimum absolute atomic E-state index is 0.135. The highest BCUT2D eigenvalue weighted by atomic mass is 35.5. The quantitative estimate of drug-likeness (QED) is 0.452. The van der Waals surface area contributed by atoms with Crippen LogP contribution in [0.1, 0.15) is 51.2 Å². The highest BCUT2D eigenvalue weighted by molar-refractivity contribution is 7.98. The smallest absolute Gasteiger partial charge is 0.235 e. The molecule has 0 saturated carbocycles. The lowest BCUT2D eigenvalue weighted by atomic mass is 9.73. The number of nitrogens with zero attached hydrogens (tertiary/aromatic N) is 1. The second kappa shape index (κ2) is 11.5. The SMILES string of the molecule is C=C(C)c1ccc2c(c1)C1(CCN(CCOc3ccc(SC)c(Cl)c3)CC1)C(=O)N2.CCC. The summed E-state index contributed by atoms with van der Waals surface area (Å²) >= 11 is 7.88. The third-order valence-corrected chi connectivity index (χ3v) is 7.44. The molecule has 0 bridgehead atoms. The molecule has 4 nitrogen and oxygen atoms in total. The Morgan fingerprint density at radius 3 is 2.52 bits per heavy atom. The largest absolute Gasteiger partial charge is 0.492 e. The van der Waals surface area contributed by atoms with E-state index in [1.54, 1.807) is 11.8 Å². The first-order chi connectivity index (χ1) is 15.8. The van der Waals surface area contributed by atoms with E-state index in [1.807, 2.05) is 43.5 Å². The Morgan fingerprint density at radius 1 is 1.21 bits per heavy atom. The molecule has 0 atom stereocenters. The van der Waals surface area contributed by atoms with Crippen molar-refractivity contribution >= 4 is 40.5 Å². The minimum atomic E-state index is -0.417. The number of hydrogen-bond acceptors (Lipinski definition) is 4. The Labute approximate surface area is 207 Å². The van der Waals surface area contributed by atoms with Crippen LogP contribution in [0.2, 0.25) is 5.02 Å². The summed E-state index contributed by atoms with van der Waals surface area (Å²) in [5.74, 6) is 0.929. The molecule has 0 radical (unpaired) electrons. The van der Waals surface area contributed by atoms with Crippen molar-refractivity contribution in [1.29, 1.82) is 0 Å². The van der Waals surface area contributed by atoms with Gasteiger partial charge in [-0.15, -0.1) is 11.8 Å². The number of rotatable bonds is 6. The van der Waals surface area contributed by atoms with E-state index in [4.69, 9.17) is 16.3 Å². The number of fused-ring (bicyclic) bond motifs is 2. The van der Waals surface area contributed by atoms with E-state index in [1.165, 1.54) is 6.42 Å². The maximum Gasteiger partial charge on any atom is 0.235 e. The van der Waals surface area contributed by atoms with Crippen molar-refractivity contribution in [3.05, 3.63) is 59.1 Å². The molecule has 0 unspecified atom stereocenters. The molecule has 2 aromatic carbocycles. The number of piperidine rings is 1. The molecule has 33 heavy (non-hydrogen) atoms. The summed E-state index contributed by atoms with van der Waals surface area (Å²) < 4.78 is 5.90. The average Bonchev–Trinajstić information content (AvgIpc) is 3.06. The molecule has 1 N–H and O–H groups in total. The van der Waals surface area contributed by atoms with Gasteiger partial charge in [-0.1, -0.05) is 50.1 Å². The lowest BCUT2D eigenvalue weighted by Crippen LogP contribution is -2.47. The van der Waals surface area contributed by atoms with E-state index in [0.717, 1.165) is 70.5 Å². The first-order valence-electron chi connectivity index (χ1n) is 11.6. The molecule has 4 rings (SSSR count). The number of thioether (sulfide) groups is 1. The number of amides is 1. The van der Waals surface area contributed by atoms with E-state index in [-0.39, 0.29) is 5.91 Å². The molecule has 2 aromatic rings. The predicted octanol–water partition coefficient (Wildman–Crippen LogP) is 6.88. The van der Waals surface area contributed by atoms with Crippen molar-refractivity contribution in [2.75, 3.05) is 37.8 Å². The zero-order chi connectivity index (χ0) is 24.0. The van der Waals surface area contributed by atoms with Crippen LogP contribution in [-0.2, 0) is 10.2 Å². The second-order valence-electron chi connectivity index (χ2n) is 8.77. The molecular weight excluding hydrogens is 452 g/mol. The summed E-state index contributed by atoms with van der Waals surface area (Å²) in [7, 11) is 0. The molecule has 2 heterocycles. The molecule has 1 saturated heterocycles. The number of likely N-dealkylation sites (tertiary alicyclic amines) is 1. The van der Waals surface area contributed by atoms with Crippen LogP contribution >= 0.6 is 23.4 Å². The molecule has 1 fully saturated rings. The normalized spacial score (nSPS) is 16.6. The van der Waals surface area contributed by atoms with Crippen molar-refractivity contribution in [3.8, 4) is 5.75 Å². The van der Waals surface area contributed by atoms with Crippen LogP contribution in [0.25, 0.3) is 5.57 Å². The summed E-state index contributed by atoms with van der Waals surface area (Å²) in [6.07, 6.45) is 4.90. The number of halogens is 1. The number of benzene rings is 2. The predicted molar refractivity (Wildman–Crippen MR) is 142 cm³/mol. The number of nitrogens with one attached hydrogen (secondary N) is 1. The summed E-state index contributed by atoms with van der Waals surface area (Å²) in [4.78, 5) is 16.3. The number of anilines is 1. The van der Waals surface area contributed by atoms with Crippen molar-refractivity contribution in [2.45, 2.75) is 50.3 Å². The Bertz CT molecular complexity index is 1000. The van der Waals surface area contributed by atoms with Crippen LogP contribution in [0.3, 0.4) is 0 Å². The van der Waals surface area contributed by atoms with Crippen LogP contribution < -0.4 is 10.1 Å². The Kier molecular flexibility index (Phi) is 8.91. The zero-order valence-corrected chi connectivity index (χ0v) is 21.7. The Balaban J connectivity index is 0.000000968. The van der Waals surface area contributed by atoms with Gasteiger partial charge in [-0.25, -0.2) is 0 Å². The molecule has 2 aliphatic heterocycles. The number of hydrogen-bond donors (Lipinski definition) is 1. The number of carbonyl (C=O) groups excluding carboxylic acids is 1. The molecule has 2 aliphatic rings. The highest BCUT2D eigenvalue weighted by Gasteiger charge is 2.48. The van der Waals surface area contributed by atoms with Crippen LogP contribution in [0.4, 0.5) is 5.69 Å². The summed E-state index contributed by atoms with van der Waals surface area (Å²) in [5.41, 5.74) is 3.79. The van der Waals surface area contributed by atoms with Gasteiger partial charge in [0.05, 0.1) is 10.4 Å². The van der Waals surface area contributed by atoms with Gasteiger partial charge in [0.1, 0.15) is 12.4 Å². The standard InChI is InChI=1S/C24H27ClN2O2S.C3H8/c1-16(2)17-4-6-21-19(14-17)24(23(28)26-21)8-10-27(11-9-24)12-13-29-18-5-7-22(30-3)20(25)15-18;1-3-2/h4-7,14-15H,1,8-13H2,2-3H3,(H,26,28);3H2,1-2H3. The number of ether oxygens (including phenoxy) is 1. The topological polar surface area (TPSA) is 41.6 Å². The Hall–Kier alpha value is -1.95. The van der Waals surface area contributed by atoms with Crippen LogP contribution in [0, 0.1) is 0 Å². The van der Waals surface area contributed by atoms with E-state index in [9.17, 15) is 4.79 Å². The average molecular weight is 487 g/mol. The van der Waals surface area contributed by atoms with E-state index < -0.39 is 5.41 Å². The van der Waals surface area contributed by atoms with Crippen LogP contribution in [-0.4, -0.2) is 43.3 Å². The van der Waals surface area contributed by atoms with E-state index >= 15 is 0 Å². The molecular formula is C27H35ClN2O2S. The monoisotopic (exact) mass is 486 g/mol. The van der Waals surface area contributed by atoms with Gasteiger partial charge in [0, 0.05) is 17.1 Å². The molecule has 178 valence electrons. The first-order valence-corrected chi connectivity index (χ1v) is 13.3. The lowest BCUT2D eigenvalue weighted by Gasteiger charge is -2.38. The zero-order valence-electron chi connectivity index (χ0n) is 20.2. The first kappa shape index (κ1) is 25.7. The minimum Gasteiger partial charge on any atom is -0.492 e. The maximum absolute atomic E-state index is 12.9. The van der Waals surface area contributed by atoms with Crippen molar-refractivity contribution < 1.29 is 9.53 Å². The van der Waals surface area contributed by atoms with Crippen LogP contribution in [0.5, 0.6) is 5.75 Å². The lowest BCUT2D eigenvalue weighted by molar-refractivity contribution is -0.122. The van der Waals surface area contributed by atoms with Crippen molar-refractivity contribution in [1.82, 2.24) is 4.90 Å². The molecule has 6 heteroatoms. The molecule has 0 aliphatic carbocycles. The van der Waals surface area contributed by atoms with Gasteiger partial charge in [-0.05, 0) is 80.6 Å². The van der Waals surface area contributed by atoms with Gasteiger partial charge < -0.3 is 10.1 Å². The number of carbonyl (C=O) groups is 1.